The van der Waals surface area contributed by atoms with Crippen molar-refractivity contribution in [2.75, 3.05) is 19.6 Å². The summed E-state index contributed by atoms with van der Waals surface area (Å²) in [4.78, 5) is 37.4. The summed E-state index contributed by atoms with van der Waals surface area (Å²) < 4.78 is 0. The molecule has 1 aromatic carbocycles. The monoisotopic (exact) mass is 389 g/mol. The number of nitrogens with one attached hydrogen (secondary N) is 2. The molecule has 1 fully saturated rings. The van der Waals surface area contributed by atoms with Gasteiger partial charge in [0.15, 0.2) is 0 Å². The number of carboxylic acids is 1. The average molecular weight is 389 g/mol. The van der Waals surface area contributed by atoms with Crippen LogP contribution in [-0.4, -0.2) is 53.6 Å². The van der Waals surface area contributed by atoms with Crippen molar-refractivity contribution in [2.24, 2.45) is 5.92 Å². The summed E-state index contributed by atoms with van der Waals surface area (Å²) >= 11 is 0. The van der Waals surface area contributed by atoms with Crippen molar-refractivity contribution >= 4 is 17.9 Å². The maximum Gasteiger partial charge on any atom is 0.317 e. The van der Waals surface area contributed by atoms with Gasteiger partial charge in [0.25, 0.3) is 0 Å². The number of carbonyl (C=O) groups is 3. The maximum atomic E-state index is 12.7. The minimum absolute atomic E-state index is 0.0114. The number of hydrogen-bond donors (Lipinski definition) is 3. The van der Waals surface area contributed by atoms with Crippen LogP contribution in [0, 0.1) is 5.92 Å². The predicted octanol–water partition coefficient (Wildman–Crippen LogP) is 2.41. The largest absolute Gasteiger partial charge is 0.481 e. The first-order valence-corrected chi connectivity index (χ1v) is 10.1. The Kier molecular flexibility index (Phi) is 8.78. The van der Waals surface area contributed by atoms with E-state index in [1.165, 1.54) is 0 Å². The Morgan fingerprint density at radius 2 is 1.86 bits per heavy atom. The molecule has 0 bridgehead atoms. The zero-order chi connectivity index (χ0) is 20.4. The van der Waals surface area contributed by atoms with Crippen LogP contribution in [0.5, 0.6) is 0 Å². The number of carboxylic acid groups (broad SMARTS) is 1. The fourth-order valence-corrected chi connectivity index (χ4v) is 3.42. The van der Waals surface area contributed by atoms with Crippen LogP contribution in [0.3, 0.4) is 0 Å². The van der Waals surface area contributed by atoms with Gasteiger partial charge >= 0.3 is 12.0 Å². The molecule has 0 aromatic heterocycles. The van der Waals surface area contributed by atoms with Crippen LogP contribution in [0.1, 0.15) is 44.6 Å². The molecule has 28 heavy (non-hydrogen) atoms. The molecule has 0 saturated carbocycles. The first-order valence-electron chi connectivity index (χ1n) is 10.1. The molecular formula is C21H31N3O4. The molecule has 1 heterocycles. The van der Waals surface area contributed by atoms with E-state index in [9.17, 15) is 14.4 Å². The van der Waals surface area contributed by atoms with Crippen molar-refractivity contribution in [2.45, 2.75) is 51.5 Å². The molecular weight excluding hydrogens is 358 g/mol. The second-order valence-electron chi connectivity index (χ2n) is 7.32. The second-order valence-corrected chi connectivity index (χ2v) is 7.32. The molecule has 1 aliphatic rings. The Labute approximate surface area is 166 Å². The lowest BCUT2D eigenvalue weighted by Crippen LogP contribution is -2.50. The molecule has 0 spiro atoms. The normalized spacial score (nSPS) is 15.7. The molecule has 0 aliphatic carbocycles. The van der Waals surface area contributed by atoms with E-state index in [0.717, 1.165) is 12.0 Å². The number of likely N-dealkylation sites (tertiary alicyclic amines) is 1. The quantitative estimate of drug-likeness (QED) is 0.604. The zero-order valence-corrected chi connectivity index (χ0v) is 16.5. The minimum atomic E-state index is -0.869. The summed E-state index contributed by atoms with van der Waals surface area (Å²) in [6.45, 7) is 3.77. The highest BCUT2D eigenvalue weighted by Crippen LogP contribution is 2.18. The molecule has 154 valence electrons. The molecule has 0 radical (unpaired) electrons. The summed E-state index contributed by atoms with van der Waals surface area (Å²) in [5, 5.41) is 14.9. The fraction of sp³-hybridized carbons (Fsp3) is 0.571. The molecule has 1 aromatic rings. The van der Waals surface area contributed by atoms with Gasteiger partial charge in [0.2, 0.25) is 5.91 Å². The number of carbonyl (C=O) groups excluding carboxylic acids is 2. The lowest BCUT2D eigenvalue weighted by Gasteiger charge is -2.32. The molecule has 1 unspecified atom stereocenters. The summed E-state index contributed by atoms with van der Waals surface area (Å²) in [5.74, 6) is -0.834. The summed E-state index contributed by atoms with van der Waals surface area (Å²) in [7, 11) is 0. The number of rotatable bonds is 9. The third-order valence-electron chi connectivity index (χ3n) is 5.06. The molecule has 2 rings (SSSR count). The standard InChI is InChI=1S/C21H31N3O4/c1-2-12-22-20(27)17-10-13-24(14-11-17)21(28)23-18(8-9-19(25)26)15-16-6-4-3-5-7-16/h3-7,17-18H,2,8-15H2,1H3,(H,22,27)(H,23,28)(H,25,26). The van der Waals surface area contributed by atoms with Crippen LogP contribution in [0.4, 0.5) is 4.79 Å². The summed E-state index contributed by atoms with van der Waals surface area (Å²) in [6.07, 6.45) is 3.20. The third-order valence-corrected chi connectivity index (χ3v) is 5.06. The SMILES string of the molecule is CCCNC(=O)C1CCN(C(=O)NC(CCC(=O)O)Cc2ccccc2)CC1. The molecule has 7 nitrogen and oxygen atoms in total. The Bertz CT molecular complexity index is 642. The van der Waals surface area contributed by atoms with E-state index in [0.29, 0.717) is 45.3 Å². The topological polar surface area (TPSA) is 98.7 Å². The van der Waals surface area contributed by atoms with Gasteiger partial charge in [-0.1, -0.05) is 37.3 Å². The van der Waals surface area contributed by atoms with E-state index in [-0.39, 0.29) is 30.3 Å². The summed E-state index contributed by atoms with van der Waals surface area (Å²) in [6, 6.07) is 9.31. The molecule has 3 N–H and O–H groups in total. The number of piperidine rings is 1. The highest BCUT2D eigenvalue weighted by atomic mass is 16.4. The van der Waals surface area contributed by atoms with E-state index in [4.69, 9.17) is 5.11 Å². The van der Waals surface area contributed by atoms with E-state index < -0.39 is 5.97 Å². The Morgan fingerprint density at radius 3 is 2.46 bits per heavy atom. The first kappa shape index (κ1) is 21.7. The molecule has 1 aliphatic heterocycles. The number of aliphatic carboxylic acids is 1. The van der Waals surface area contributed by atoms with Gasteiger partial charge in [0.05, 0.1) is 0 Å². The lowest BCUT2D eigenvalue weighted by atomic mass is 9.96. The fourth-order valence-electron chi connectivity index (χ4n) is 3.42. The Hall–Kier alpha value is -2.57. The van der Waals surface area contributed by atoms with E-state index in [1.54, 1.807) is 4.90 Å². The van der Waals surface area contributed by atoms with Crippen molar-refractivity contribution in [1.82, 2.24) is 15.5 Å². The van der Waals surface area contributed by atoms with Gasteiger partial charge < -0.3 is 20.6 Å². The Balaban J connectivity index is 1.86. The number of hydrogen-bond acceptors (Lipinski definition) is 3. The van der Waals surface area contributed by atoms with Crippen LogP contribution in [0.25, 0.3) is 0 Å². The van der Waals surface area contributed by atoms with Crippen molar-refractivity contribution in [1.29, 1.82) is 0 Å². The minimum Gasteiger partial charge on any atom is -0.481 e. The first-order chi connectivity index (χ1) is 13.5. The van der Waals surface area contributed by atoms with E-state index >= 15 is 0 Å². The third kappa shape index (κ3) is 7.21. The van der Waals surface area contributed by atoms with Crippen LogP contribution >= 0.6 is 0 Å². The number of benzene rings is 1. The van der Waals surface area contributed by atoms with Crippen LogP contribution in [0.2, 0.25) is 0 Å². The van der Waals surface area contributed by atoms with E-state index in [1.807, 2.05) is 37.3 Å². The van der Waals surface area contributed by atoms with E-state index in [2.05, 4.69) is 10.6 Å². The van der Waals surface area contributed by atoms with Gasteiger partial charge in [-0.15, -0.1) is 0 Å². The summed E-state index contributed by atoms with van der Waals surface area (Å²) in [5.41, 5.74) is 1.06. The van der Waals surface area contributed by atoms with Gasteiger partial charge in [-0.05, 0) is 37.7 Å². The lowest BCUT2D eigenvalue weighted by molar-refractivity contribution is -0.137. The molecule has 1 atom stereocenters. The van der Waals surface area contributed by atoms with Crippen molar-refractivity contribution in [3.05, 3.63) is 35.9 Å². The van der Waals surface area contributed by atoms with Crippen molar-refractivity contribution < 1.29 is 19.5 Å². The second kappa shape index (κ2) is 11.3. The molecule has 7 heteroatoms. The van der Waals surface area contributed by atoms with Gasteiger partial charge in [-0.25, -0.2) is 4.79 Å². The van der Waals surface area contributed by atoms with Gasteiger partial charge in [0.1, 0.15) is 0 Å². The van der Waals surface area contributed by atoms with Crippen LogP contribution in [0.15, 0.2) is 30.3 Å². The smallest absolute Gasteiger partial charge is 0.317 e. The van der Waals surface area contributed by atoms with Crippen molar-refractivity contribution in [3.63, 3.8) is 0 Å². The highest BCUT2D eigenvalue weighted by Gasteiger charge is 2.28. The zero-order valence-electron chi connectivity index (χ0n) is 16.5. The Morgan fingerprint density at radius 1 is 1.18 bits per heavy atom. The average Bonchev–Trinajstić information content (AvgIpc) is 2.71. The molecule has 3 amide bonds. The number of nitrogens with zero attached hydrogens (tertiary/aromatic N) is 1. The number of amides is 3. The predicted molar refractivity (Wildman–Crippen MR) is 107 cm³/mol. The maximum absolute atomic E-state index is 12.7. The van der Waals surface area contributed by atoms with Crippen LogP contribution in [-0.2, 0) is 16.0 Å². The van der Waals surface area contributed by atoms with Gasteiger partial charge in [-0.3, -0.25) is 9.59 Å². The van der Waals surface area contributed by atoms with Gasteiger partial charge in [-0.2, -0.15) is 0 Å². The number of urea groups is 1. The highest BCUT2D eigenvalue weighted by molar-refractivity contribution is 5.79. The molecule has 1 saturated heterocycles. The van der Waals surface area contributed by atoms with Gasteiger partial charge in [0, 0.05) is 38.0 Å². The van der Waals surface area contributed by atoms with Crippen molar-refractivity contribution in [3.8, 4) is 0 Å². The van der Waals surface area contributed by atoms with Crippen LogP contribution < -0.4 is 10.6 Å².